The first-order chi connectivity index (χ1) is 6.72. The summed E-state index contributed by atoms with van der Waals surface area (Å²) in [7, 11) is 0. The number of aromatic nitrogens is 1. The van der Waals surface area contributed by atoms with Gasteiger partial charge in [0.2, 0.25) is 0 Å². The molecule has 0 bridgehead atoms. The third kappa shape index (κ3) is 1.30. The van der Waals surface area contributed by atoms with Gasteiger partial charge in [0.25, 0.3) is 0 Å². The molecule has 14 heavy (non-hydrogen) atoms. The monoisotopic (exact) mass is 206 g/mol. The topological polar surface area (TPSA) is 36.7 Å². The van der Waals surface area contributed by atoms with Gasteiger partial charge in [-0.25, -0.2) is 9.37 Å². The average Bonchev–Trinajstić information content (AvgIpc) is 2.19. The Morgan fingerprint density at radius 2 is 2.21 bits per heavy atom. The van der Waals surface area contributed by atoms with Crippen molar-refractivity contribution in [1.29, 1.82) is 5.26 Å². The lowest BCUT2D eigenvalue weighted by molar-refractivity contribution is 0.637. The maximum atomic E-state index is 13.2. The first-order valence-electron chi connectivity index (χ1n) is 3.87. The lowest BCUT2D eigenvalue weighted by Gasteiger charge is -2.00. The molecule has 0 amide bonds. The predicted octanol–water partition coefficient (Wildman–Crippen LogP) is 2.90. The highest BCUT2D eigenvalue weighted by molar-refractivity contribution is 6.31. The van der Waals surface area contributed by atoms with E-state index in [1.807, 2.05) is 6.07 Å². The molecule has 0 atom stereocenters. The van der Waals surface area contributed by atoms with Gasteiger partial charge in [0.1, 0.15) is 22.6 Å². The van der Waals surface area contributed by atoms with Crippen molar-refractivity contribution < 1.29 is 4.39 Å². The van der Waals surface area contributed by atoms with E-state index in [2.05, 4.69) is 4.98 Å². The van der Waals surface area contributed by atoms with Crippen LogP contribution in [0.2, 0.25) is 5.15 Å². The smallest absolute Gasteiger partial charge is 0.149 e. The zero-order valence-corrected chi connectivity index (χ0v) is 7.72. The SMILES string of the molecule is N#Cc1cc2cccc(F)c2nc1Cl. The maximum absolute atomic E-state index is 13.2. The highest BCUT2D eigenvalue weighted by Gasteiger charge is 2.06. The van der Waals surface area contributed by atoms with Crippen LogP contribution in [0.4, 0.5) is 4.39 Å². The number of para-hydroxylation sites is 1. The molecular weight excluding hydrogens is 203 g/mol. The van der Waals surface area contributed by atoms with E-state index in [1.165, 1.54) is 12.1 Å². The van der Waals surface area contributed by atoms with Gasteiger partial charge in [0, 0.05) is 5.39 Å². The fraction of sp³-hybridized carbons (Fsp3) is 0. The molecule has 1 aromatic carbocycles. The molecule has 2 nitrogen and oxygen atoms in total. The van der Waals surface area contributed by atoms with Crippen LogP contribution in [0.3, 0.4) is 0 Å². The summed E-state index contributed by atoms with van der Waals surface area (Å²) in [4.78, 5) is 3.81. The number of nitriles is 1. The van der Waals surface area contributed by atoms with Crippen LogP contribution >= 0.6 is 11.6 Å². The van der Waals surface area contributed by atoms with E-state index in [9.17, 15) is 4.39 Å². The number of halogens is 2. The summed E-state index contributed by atoms with van der Waals surface area (Å²) in [6.45, 7) is 0. The quantitative estimate of drug-likeness (QED) is 0.622. The number of fused-ring (bicyclic) bond motifs is 1. The Kier molecular flexibility index (Phi) is 2.06. The van der Waals surface area contributed by atoms with Crippen molar-refractivity contribution in [1.82, 2.24) is 4.98 Å². The van der Waals surface area contributed by atoms with E-state index in [0.29, 0.717) is 5.39 Å². The molecule has 0 aliphatic carbocycles. The van der Waals surface area contributed by atoms with Gasteiger partial charge >= 0.3 is 0 Å². The van der Waals surface area contributed by atoms with Crippen molar-refractivity contribution in [3.8, 4) is 6.07 Å². The molecular formula is C10H4ClFN2. The number of rotatable bonds is 0. The Bertz CT molecular complexity index is 546. The fourth-order valence-electron chi connectivity index (χ4n) is 1.22. The number of pyridine rings is 1. The average molecular weight is 207 g/mol. The molecule has 0 saturated heterocycles. The molecule has 0 saturated carbocycles. The Morgan fingerprint density at radius 1 is 1.43 bits per heavy atom. The van der Waals surface area contributed by atoms with Crippen LogP contribution in [0.15, 0.2) is 24.3 Å². The largest absolute Gasteiger partial charge is 0.232 e. The van der Waals surface area contributed by atoms with Crippen molar-refractivity contribution in [2.75, 3.05) is 0 Å². The summed E-state index contributed by atoms with van der Waals surface area (Å²) < 4.78 is 13.2. The zero-order chi connectivity index (χ0) is 10.1. The molecule has 0 unspecified atom stereocenters. The molecule has 1 aromatic heterocycles. The molecule has 4 heteroatoms. The number of benzene rings is 1. The molecule has 2 rings (SSSR count). The minimum absolute atomic E-state index is 0.0325. The number of hydrogen-bond donors (Lipinski definition) is 0. The van der Waals surface area contributed by atoms with Gasteiger partial charge in [0.05, 0.1) is 5.56 Å². The van der Waals surface area contributed by atoms with Gasteiger partial charge in [-0.3, -0.25) is 0 Å². The van der Waals surface area contributed by atoms with Crippen LogP contribution in [0.1, 0.15) is 5.56 Å². The van der Waals surface area contributed by atoms with Crippen LogP contribution in [0, 0.1) is 17.1 Å². The van der Waals surface area contributed by atoms with E-state index in [1.54, 1.807) is 12.1 Å². The summed E-state index contributed by atoms with van der Waals surface area (Å²) in [5.74, 6) is -0.436. The first kappa shape index (κ1) is 8.92. The van der Waals surface area contributed by atoms with Gasteiger partial charge in [-0.05, 0) is 12.1 Å². The predicted molar refractivity (Wildman–Crippen MR) is 51.4 cm³/mol. The van der Waals surface area contributed by atoms with E-state index in [-0.39, 0.29) is 16.2 Å². The Morgan fingerprint density at radius 3 is 2.93 bits per heavy atom. The van der Waals surface area contributed by atoms with Crippen molar-refractivity contribution in [2.45, 2.75) is 0 Å². The molecule has 0 spiro atoms. The van der Waals surface area contributed by atoms with Crippen molar-refractivity contribution in [3.63, 3.8) is 0 Å². The van der Waals surface area contributed by atoms with Crippen LogP contribution in [-0.4, -0.2) is 4.98 Å². The highest BCUT2D eigenvalue weighted by Crippen LogP contribution is 2.21. The lowest BCUT2D eigenvalue weighted by atomic mass is 10.2. The van der Waals surface area contributed by atoms with Gasteiger partial charge in [-0.15, -0.1) is 0 Å². The van der Waals surface area contributed by atoms with Crippen LogP contribution in [0.5, 0.6) is 0 Å². The van der Waals surface area contributed by atoms with E-state index >= 15 is 0 Å². The molecule has 0 radical (unpaired) electrons. The van der Waals surface area contributed by atoms with Crippen LogP contribution < -0.4 is 0 Å². The standard InChI is InChI=1S/C10H4ClFN2/c11-10-7(5-13)4-6-2-1-3-8(12)9(6)14-10/h1-4H. The number of nitrogens with zero attached hydrogens (tertiary/aromatic N) is 2. The van der Waals surface area contributed by atoms with Crippen molar-refractivity contribution in [3.05, 3.63) is 40.8 Å². The summed E-state index contributed by atoms with van der Waals surface area (Å²) in [5.41, 5.74) is 0.446. The zero-order valence-electron chi connectivity index (χ0n) is 6.96. The van der Waals surface area contributed by atoms with Crippen molar-refractivity contribution >= 4 is 22.5 Å². The fourth-order valence-corrected chi connectivity index (χ4v) is 1.40. The normalized spacial score (nSPS) is 10.1. The summed E-state index contributed by atoms with van der Waals surface area (Å²) >= 11 is 5.68. The van der Waals surface area contributed by atoms with Gasteiger partial charge in [-0.1, -0.05) is 23.7 Å². The van der Waals surface area contributed by atoms with Gasteiger partial charge in [0.15, 0.2) is 0 Å². The Labute approximate surface area is 84.6 Å². The second-order valence-corrected chi connectivity index (χ2v) is 3.11. The molecule has 1 heterocycles. The van der Waals surface area contributed by atoms with Crippen LogP contribution in [0.25, 0.3) is 10.9 Å². The Balaban J connectivity index is 2.88. The van der Waals surface area contributed by atoms with E-state index < -0.39 is 5.82 Å². The third-order valence-corrected chi connectivity index (χ3v) is 2.16. The molecule has 0 fully saturated rings. The minimum atomic E-state index is -0.436. The van der Waals surface area contributed by atoms with Crippen LogP contribution in [-0.2, 0) is 0 Å². The third-order valence-electron chi connectivity index (χ3n) is 1.87. The summed E-state index contributed by atoms with van der Waals surface area (Å²) in [6.07, 6.45) is 0. The minimum Gasteiger partial charge on any atom is -0.232 e. The molecule has 0 aliphatic heterocycles. The van der Waals surface area contributed by atoms with Gasteiger partial charge in [-0.2, -0.15) is 5.26 Å². The summed E-state index contributed by atoms with van der Waals surface area (Å²) in [6, 6.07) is 7.96. The van der Waals surface area contributed by atoms with E-state index in [4.69, 9.17) is 16.9 Å². The maximum Gasteiger partial charge on any atom is 0.149 e. The number of hydrogen-bond acceptors (Lipinski definition) is 2. The Hall–Kier alpha value is -1.66. The second kappa shape index (κ2) is 3.24. The molecule has 2 aromatic rings. The van der Waals surface area contributed by atoms with Crippen molar-refractivity contribution in [2.24, 2.45) is 0 Å². The lowest BCUT2D eigenvalue weighted by Crippen LogP contribution is -1.88. The van der Waals surface area contributed by atoms with E-state index in [0.717, 1.165) is 0 Å². The highest BCUT2D eigenvalue weighted by atomic mass is 35.5. The first-order valence-corrected chi connectivity index (χ1v) is 4.25. The van der Waals surface area contributed by atoms with Gasteiger partial charge < -0.3 is 0 Å². The molecule has 0 aliphatic rings. The molecule has 68 valence electrons. The molecule has 0 N–H and O–H groups in total. The summed E-state index contributed by atoms with van der Waals surface area (Å²) in [5, 5.41) is 9.29. The second-order valence-electron chi connectivity index (χ2n) is 2.75.